The number of allylic oxidation sites excluding steroid dienone is 1. The van der Waals surface area contributed by atoms with Crippen LogP contribution in [0.5, 0.6) is 6.01 Å². The minimum atomic E-state index is -1.54. The number of rotatable bonds is 16. The van der Waals surface area contributed by atoms with E-state index in [9.17, 15) is 0 Å². The number of aromatic nitrogens is 2. The van der Waals surface area contributed by atoms with Crippen molar-refractivity contribution in [3.63, 3.8) is 0 Å². The van der Waals surface area contributed by atoms with Gasteiger partial charge in [0.25, 0.3) is 0 Å². The maximum absolute atomic E-state index is 6.11. The molecule has 0 spiro atoms. The van der Waals surface area contributed by atoms with Gasteiger partial charge in [-0.05, 0) is 19.1 Å². The molecule has 0 aliphatic heterocycles. The standard InChI is InChI=1S/C18H25N2O4.3C2H5.Al.Li/c1-15(2)14-24-18-19-16-6-4-5-7-17(16)20(18)8-9-22-12-13-23-11-10-21-3;3*1-2;;/h4-7,14H,1,8-13H2,2-3H3;3*1H2,2H3;;/q;;;;-1;+1/b15-14-;;;;;. The molecule has 6 nitrogen and oxygen atoms in total. The van der Waals surface area contributed by atoms with Gasteiger partial charge in [0.1, 0.15) is 13.1 Å². The van der Waals surface area contributed by atoms with Gasteiger partial charge in [-0.1, -0.05) is 17.7 Å². The number of hydrogen-bond donors (Lipinski definition) is 0. The van der Waals surface area contributed by atoms with Crippen molar-refractivity contribution in [1.29, 1.82) is 0 Å². The summed E-state index contributed by atoms with van der Waals surface area (Å²) in [6.45, 7) is 12.8. The molecule has 1 heterocycles. The third-order valence-electron chi connectivity index (χ3n) is 6.60. The Balaban J connectivity index is 0.00000512. The molecule has 0 saturated heterocycles. The Morgan fingerprint density at radius 2 is 1.59 bits per heavy atom. The fourth-order valence-electron chi connectivity index (χ4n) is 4.16. The Bertz CT molecular complexity index is 800. The summed E-state index contributed by atoms with van der Waals surface area (Å²) >= 11 is -1.54. The van der Waals surface area contributed by atoms with Crippen LogP contribution in [-0.2, 0) is 20.8 Å². The third kappa shape index (κ3) is 8.88. The van der Waals surface area contributed by atoms with Crippen molar-refractivity contribution >= 4 is 24.1 Å². The molecule has 0 N–H and O–H groups in total. The summed E-state index contributed by atoms with van der Waals surface area (Å²) < 4.78 is 24.4. The minimum Gasteiger partial charge on any atom is -0.434 e. The van der Waals surface area contributed by atoms with E-state index in [0.717, 1.165) is 11.0 Å². The molecular weight excluding hydrogens is 414 g/mol. The van der Waals surface area contributed by atoms with Crippen LogP contribution in [0.3, 0.4) is 0 Å². The van der Waals surface area contributed by atoms with Crippen LogP contribution in [0.25, 0.3) is 11.0 Å². The third-order valence-corrected chi connectivity index (χ3v) is 13.3. The average Bonchev–Trinajstić information content (AvgIpc) is 3.15. The number of benzene rings is 1. The van der Waals surface area contributed by atoms with E-state index >= 15 is 0 Å². The second-order valence-electron chi connectivity index (χ2n) is 8.50. The largest absolute Gasteiger partial charge is 1.00 e. The van der Waals surface area contributed by atoms with E-state index in [1.807, 2.05) is 24.5 Å². The van der Waals surface area contributed by atoms with Gasteiger partial charge in [0.15, 0.2) is 0 Å². The smallest absolute Gasteiger partial charge is 0.434 e. The van der Waals surface area contributed by atoms with Crippen molar-refractivity contribution in [3.05, 3.63) is 36.1 Å². The molecule has 0 unspecified atom stereocenters. The summed E-state index contributed by atoms with van der Waals surface area (Å²) in [5, 5.41) is 5.24. The van der Waals surface area contributed by atoms with Crippen LogP contribution < -0.4 is 23.6 Å². The molecule has 0 saturated carbocycles. The second kappa shape index (κ2) is 16.0. The quantitative estimate of drug-likeness (QED) is 0.222. The number of nitrogens with zero attached hydrogens (tertiary/aromatic N) is 2. The van der Waals surface area contributed by atoms with Crippen molar-refractivity contribution in [2.24, 2.45) is 0 Å². The molecule has 0 amide bonds. The number of ether oxygens (including phenoxy) is 4. The van der Waals surface area contributed by atoms with Crippen molar-refractivity contribution < 1.29 is 37.8 Å². The van der Waals surface area contributed by atoms with E-state index in [4.69, 9.17) is 23.9 Å². The molecule has 8 heteroatoms. The SMILES string of the molecule is C[CH2][Al-]([CH2]C)([CH2]C)[CH2]/C(C)=C/Oc1nc2ccccc2n1CCOCCOCCOC.[Li+]. The molecule has 0 atom stereocenters. The van der Waals surface area contributed by atoms with Gasteiger partial charge < -0.3 is 18.9 Å². The monoisotopic (exact) mass is 454 g/mol. The molecule has 0 aliphatic rings. The van der Waals surface area contributed by atoms with Gasteiger partial charge in [0.05, 0.1) is 56.9 Å². The van der Waals surface area contributed by atoms with Gasteiger partial charge >= 0.3 is 24.9 Å². The van der Waals surface area contributed by atoms with Crippen molar-refractivity contribution in [2.75, 3.05) is 40.1 Å². The minimum absolute atomic E-state index is 0. The van der Waals surface area contributed by atoms with Crippen LogP contribution in [0.15, 0.2) is 36.1 Å². The zero-order valence-electron chi connectivity index (χ0n) is 21.1. The summed E-state index contributed by atoms with van der Waals surface area (Å²) in [6, 6.07) is 8.75. The topological polar surface area (TPSA) is 54.7 Å². The average molecular weight is 455 g/mol. The molecule has 0 aliphatic carbocycles. The Labute approximate surface area is 208 Å². The maximum Gasteiger partial charge on any atom is 1.00 e. The zero-order chi connectivity index (χ0) is 22.5. The van der Waals surface area contributed by atoms with Gasteiger partial charge in [-0.25, -0.2) is 0 Å². The molecule has 2 aromatic rings. The number of imidazole rings is 1. The molecule has 1 aromatic carbocycles. The molecule has 1 aromatic heterocycles. The summed E-state index contributed by atoms with van der Waals surface area (Å²) in [6.07, 6.45) is 1.91. The van der Waals surface area contributed by atoms with Gasteiger partial charge in [0.2, 0.25) is 0 Å². The fourth-order valence-corrected chi connectivity index (χ4v) is 8.22. The Kier molecular flexibility index (Phi) is 14.6. The van der Waals surface area contributed by atoms with Crippen LogP contribution in [0, 0.1) is 0 Å². The van der Waals surface area contributed by atoms with E-state index in [2.05, 4.69) is 38.3 Å². The summed E-state index contributed by atoms with van der Waals surface area (Å²) in [5.74, 6) is 0. The molecule has 0 radical (unpaired) electrons. The first-order valence-corrected chi connectivity index (χ1v) is 15.0. The van der Waals surface area contributed by atoms with Crippen LogP contribution in [0.2, 0.25) is 21.1 Å². The summed E-state index contributed by atoms with van der Waals surface area (Å²) in [7, 11) is 1.67. The van der Waals surface area contributed by atoms with Gasteiger partial charge in [-0.3, -0.25) is 4.57 Å². The predicted molar refractivity (Wildman–Crippen MR) is 130 cm³/mol. The van der Waals surface area contributed by atoms with Gasteiger partial charge in [-0.15, -0.1) is 20.8 Å². The Morgan fingerprint density at radius 3 is 2.25 bits per heavy atom. The first kappa shape index (κ1) is 29.3. The molecule has 174 valence electrons. The van der Waals surface area contributed by atoms with Crippen LogP contribution >= 0.6 is 0 Å². The molecule has 0 fully saturated rings. The number of fused-ring (bicyclic) bond motifs is 1. The van der Waals surface area contributed by atoms with E-state index in [-0.39, 0.29) is 18.9 Å². The van der Waals surface area contributed by atoms with Crippen LogP contribution in [-0.4, -0.2) is 62.8 Å². The Hall–Kier alpha value is -0.760. The van der Waals surface area contributed by atoms with Crippen molar-refractivity contribution in [1.82, 2.24) is 9.55 Å². The first-order chi connectivity index (χ1) is 15.1. The van der Waals surface area contributed by atoms with E-state index in [1.165, 1.54) is 26.7 Å². The van der Waals surface area contributed by atoms with E-state index < -0.39 is 13.1 Å². The summed E-state index contributed by atoms with van der Waals surface area (Å²) in [4.78, 5) is 4.71. The van der Waals surface area contributed by atoms with E-state index in [1.54, 1.807) is 7.11 Å². The van der Waals surface area contributed by atoms with Crippen molar-refractivity contribution in [2.45, 2.75) is 55.4 Å². The number of para-hydroxylation sites is 2. The molecular formula is C24H40AlLiN2O4. The Morgan fingerprint density at radius 1 is 0.969 bits per heavy atom. The molecule has 32 heavy (non-hydrogen) atoms. The number of methoxy groups -OCH3 is 1. The first-order valence-electron chi connectivity index (χ1n) is 11.7. The molecule has 0 bridgehead atoms. The van der Waals surface area contributed by atoms with Crippen LogP contribution in [0.4, 0.5) is 0 Å². The zero-order valence-corrected chi connectivity index (χ0v) is 22.2. The van der Waals surface area contributed by atoms with Gasteiger partial charge in [0, 0.05) is 7.11 Å². The molecule has 2 rings (SSSR count). The van der Waals surface area contributed by atoms with Crippen LogP contribution in [0.1, 0.15) is 27.7 Å². The fraction of sp³-hybridized carbons (Fsp3) is 0.625. The van der Waals surface area contributed by atoms with Gasteiger partial charge in [-0.2, -0.15) is 26.1 Å². The summed E-state index contributed by atoms with van der Waals surface area (Å²) in [5.41, 5.74) is 3.32. The van der Waals surface area contributed by atoms with Crippen molar-refractivity contribution in [3.8, 4) is 6.01 Å². The normalized spacial score (nSPS) is 12.2. The predicted octanol–water partition coefficient (Wildman–Crippen LogP) is 2.51. The second-order valence-corrected chi connectivity index (χ2v) is 14.8. The number of hydrogen-bond acceptors (Lipinski definition) is 5. The van der Waals surface area contributed by atoms with E-state index in [0.29, 0.717) is 45.6 Å². The maximum atomic E-state index is 6.11.